The average Bonchev–Trinajstić information content (AvgIpc) is 2.36. The van der Waals surface area contributed by atoms with E-state index in [-0.39, 0.29) is 5.92 Å². The Bertz CT molecular complexity index is 463. The minimum atomic E-state index is -0.447. The Hall–Kier alpha value is -1.75. The van der Waals surface area contributed by atoms with Gasteiger partial charge in [-0.05, 0) is 18.2 Å². The van der Waals surface area contributed by atoms with Crippen LogP contribution in [0.15, 0.2) is 18.2 Å². The molecule has 0 spiro atoms. The Kier molecular flexibility index (Phi) is 4.97. The van der Waals surface area contributed by atoms with Crippen molar-refractivity contribution in [2.45, 2.75) is 6.92 Å². The third kappa shape index (κ3) is 3.63. The van der Waals surface area contributed by atoms with E-state index < -0.39 is 11.9 Å². The largest absolute Gasteiger partial charge is 0.465 e. The number of rotatable bonds is 5. The van der Waals surface area contributed by atoms with Gasteiger partial charge in [0.05, 0.1) is 29.3 Å². The highest BCUT2D eigenvalue weighted by Crippen LogP contribution is 2.23. The van der Waals surface area contributed by atoms with Crippen LogP contribution in [0, 0.1) is 5.92 Å². The smallest absolute Gasteiger partial charge is 0.337 e. The normalized spacial score (nSPS) is 11.7. The lowest BCUT2D eigenvalue weighted by atomic mass is 10.1. The molecule has 0 bridgehead atoms. The summed E-state index contributed by atoms with van der Waals surface area (Å²) in [6, 6.07) is 4.73. The topological polar surface area (TPSA) is 81.4 Å². The van der Waals surface area contributed by atoms with E-state index in [9.17, 15) is 9.59 Å². The fourth-order valence-corrected chi connectivity index (χ4v) is 1.45. The maximum Gasteiger partial charge on any atom is 0.337 e. The van der Waals surface area contributed by atoms with Crippen LogP contribution >= 0.6 is 11.6 Å². The first-order valence-corrected chi connectivity index (χ1v) is 5.74. The molecule has 5 nitrogen and oxygen atoms in total. The van der Waals surface area contributed by atoms with Crippen molar-refractivity contribution in [3.8, 4) is 0 Å². The Labute approximate surface area is 110 Å². The summed E-state index contributed by atoms with van der Waals surface area (Å²) in [7, 11) is 1.30. The van der Waals surface area contributed by atoms with E-state index in [4.69, 9.17) is 17.3 Å². The van der Waals surface area contributed by atoms with Crippen LogP contribution in [0.1, 0.15) is 17.3 Å². The number of carbonyl (C=O) groups is 2. The monoisotopic (exact) mass is 270 g/mol. The molecule has 98 valence electrons. The zero-order valence-electron chi connectivity index (χ0n) is 10.2. The van der Waals surface area contributed by atoms with Crippen molar-refractivity contribution < 1.29 is 14.3 Å². The van der Waals surface area contributed by atoms with Gasteiger partial charge in [-0.1, -0.05) is 18.5 Å². The Morgan fingerprint density at radius 2 is 2.17 bits per heavy atom. The number of esters is 1. The van der Waals surface area contributed by atoms with E-state index in [0.29, 0.717) is 22.8 Å². The van der Waals surface area contributed by atoms with Crippen LogP contribution in [0.5, 0.6) is 0 Å². The van der Waals surface area contributed by atoms with E-state index in [1.165, 1.54) is 7.11 Å². The number of hydrogen-bond donors (Lipinski definition) is 2. The Balaban J connectivity index is 2.81. The van der Waals surface area contributed by atoms with Gasteiger partial charge in [0.1, 0.15) is 0 Å². The van der Waals surface area contributed by atoms with Crippen molar-refractivity contribution in [1.82, 2.24) is 0 Å². The number of hydrogen-bond acceptors (Lipinski definition) is 4. The molecule has 1 atom stereocenters. The first kappa shape index (κ1) is 14.3. The molecule has 0 radical (unpaired) electrons. The molecule has 0 aliphatic carbocycles. The molecule has 0 aliphatic heterocycles. The van der Waals surface area contributed by atoms with E-state index in [1.54, 1.807) is 25.1 Å². The van der Waals surface area contributed by atoms with Crippen molar-refractivity contribution in [2.24, 2.45) is 11.7 Å². The minimum absolute atomic E-state index is 0.331. The molecule has 1 aromatic carbocycles. The van der Waals surface area contributed by atoms with Crippen LogP contribution in [-0.4, -0.2) is 25.5 Å². The fourth-order valence-electron chi connectivity index (χ4n) is 1.27. The molecule has 1 amide bonds. The Morgan fingerprint density at radius 1 is 1.50 bits per heavy atom. The number of anilines is 1. The lowest BCUT2D eigenvalue weighted by Crippen LogP contribution is -2.26. The van der Waals surface area contributed by atoms with Gasteiger partial charge in [-0.25, -0.2) is 4.79 Å². The molecule has 1 rings (SSSR count). The maximum absolute atomic E-state index is 11.4. The molecule has 0 aliphatic rings. The van der Waals surface area contributed by atoms with Gasteiger partial charge in [0.2, 0.25) is 5.91 Å². The summed E-state index contributed by atoms with van der Waals surface area (Å²) in [5, 5.41) is 3.43. The van der Waals surface area contributed by atoms with Crippen LogP contribution in [0.2, 0.25) is 5.02 Å². The van der Waals surface area contributed by atoms with Gasteiger partial charge in [0, 0.05) is 6.54 Å². The van der Waals surface area contributed by atoms with E-state index in [0.717, 1.165) is 0 Å². The molecule has 6 heteroatoms. The van der Waals surface area contributed by atoms with Gasteiger partial charge in [0.25, 0.3) is 0 Å². The Morgan fingerprint density at radius 3 is 2.72 bits per heavy atom. The molecular weight excluding hydrogens is 256 g/mol. The van der Waals surface area contributed by atoms with Crippen LogP contribution in [0.3, 0.4) is 0 Å². The third-order valence-corrected chi connectivity index (χ3v) is 2.80. The second-order valence-electron chi connectivity index (χ2n) is 3.87. The minimum Gasteiger partial charge on any atom is -0.465 e. The summed E-state index contributed by atoms with van der Waals surface area (Å²) >= 11 is 5.98. The summed E-state index contributed by atoms with van der Waals surface area (Å²) < 4.78 is 4.61. The molecule has 18 heavy (non-hydrogen) atoms. The van der Waals surface area contributed by atoms with Gasteiger partial charge in [0.15, 0.2) is 0 Å². The van der Waals surface area contributed by atoms with Gasteiger partial charge in [-0.15, -0.1) is 0 Å². The molecule has 0 saturated carbocycles. The standard InChI is InChI=1S/C12H15ClN2O3/c1-7(11(14)16)6-15-10-5-8(12(17)18-2)3-4-9(10)13/h3-5,7,15H,6H2,1-2H3,(H2,14,16). The number of benzene rings is 1. The molecular formula is C12H15ClN2O3. The summed E-state index contributed by atoms with van der Waals surface area (Å²) in [4.78, 5) is 22.3. The highest BCUT2D eigenvalue weighted by atomic mass is 35.5. The lowest BCUT2D eigenvalue weighted by Gasteiger charge is -2.12. The zero-order chi connectivity index (χ0) is 13.7. The number of primary amides is 1. The van der Waals surface area contributed by atoms with Gasteiger partial charge >= 0.3 is 5.97 Å². The molecule has 0 fully saturated rings. The van der Waals surface area contributed by atoms with E-state index in [2.05, 4.69) is 10.1 Å². The van der Waals surface area contributed by atoms with E-state index in [1.807, 2.05) is 0 Å². The number of amides is 1. The first-order chi connectivity index (χ1) is 8.45. The van der Waals surface area contributed by atoms with E-state index >= 15 is 0 Å². The predicted molar refractivity (Wildman–Crippen MR) is 69.6 cm³/mol. The van der Waals surface area contributed by atoms with Crippen molar-refractivity contribution >= 4 is 29.2 Å². The fraction of sp³-hybridized carbons (Fsp3) is 0.333. The molecule has 0 heterocycles. The van der Waals surface area contributed by atoms with Crippen molar-refractivity contribution in [1.29, 1.82) is 0 Å². The number of halogens is 1. The molecule has 1 aromatic rings. The van der Waals surface area contributed by atoms with Crippen molar-refractivity contribution in [3.63, 3.8) is 0 Å². The highest BCUT2D eigenvalue weighted by Gasteiger charge is 2.11. The van der Waals surface area contributed by atoms with Crippen molar-refractivity contribution in [2.75, 3.05) is 19.0 Å². The number of methoxy groups -OCH3 is 1. The highest BCUT2D eigenvalue weighted by molar-refractivity contribution is 6.33. The maximum atomic E-state index is 11.4. The average molecular weight is 271 g/mol. The summed E-state index contributed by atoms with van der Waals surface area (Å²) in [6.07, 6.45) is 0. The molecule has 0 saturated heterocycles. The summed E-state index contributed by atoms with van der Waals surface area (Å²) in [5.74, 6) is -1.18. The van der Waals surface area contributed by atoms with Crippen LogP contribution in [0.4, 0.5) is 5.69 Å². The lowest BCUT2D eigenvalue weighted by molar-refractivity contribution is -0.120. The first-order valence-electron chi connectivity index (χ1n) is 5.36. The molecule has 0 aromatic heterocycles. The van der Waals surface area contributed by atoms with Crippen LogP contribution in [0.25, 0.3) is 0 Å². The third-order valence-electron chi connectivity index (χ3n) is 2.47. The molecule has 1 unspecified atom stereocenters. The quantitative estimate of drug-likeness (QED) is 0.798. The zero-order valence-corrected chi connectivity index (χ0v) is 11.0. The number of nitrogens with one attached hydrogen (secondary N) is 1. The van der Waals surface area contributed by atoms with Gasteiger partial charge < -0.3 is 15.8 Å². The second kappa shape index (κ2) is 6.26. The SMILES string of the molecule is COC(=O)c1ccc(Cl)c(NCC(C)C(N)=O)c1. The summed E-state index contributed by atoms with van der Waals surface area (Å²) in [5.41, 5.74) is 6.10. The van der Waals surface area contributed by atoms with Gasteiger partial charge in [-0.2, -0.15) is 0 Å². The summed E-state index contributed by atoms with van der Waals surface area (Å²) in [6.45, 7) is 2.05. The van der Waals surface area contributed by atoms with Crippen LogP contribution < -0.4 is 11.1 Å². The predicted octanol–water partition coefficient (Wildman–Crippen LogP) is 1.66. The number of carbonyl (C=O) groups excluding carboxylic acids is 2. The molecule has 3 N–H and O–H groups in total. The van der Waals surface area contributed by atoms with Crippen molar-refractivity contribution in [3.05, 3.63) is 28.8 Å². The van der Waals surface area contributed by atoms with Crippen LogP contribution in [-0.2, 0) is 9.53 Å². The number of nitrogens with two attached hydrogens (primary N) is 1. The second-order valence-corrected chi connectivity index (χ2v) is 4.28. The number of ether oxygens (including phenoxy) is 1. The van der Waals surface area contributed by atoms with Gasteiger partial charge in [-0.3, -0.25) is 4.79 Å².